The zero-order valence-electron chi connectivity index (χ0n) is 11.1. The molecule has 0 radical (unpaired) electrons. The summed E-state index contributed by atoms with van der Waals surface area (Å²) in [7, 11) is 0. The molecule has 1 heterocycles. The van der Waals surface area contributed by atoms with Gasteiger partial charge < -0.3 is 19.9 Å². The lowest BCUT2D eigenvalue weighted by atomic mass is 10.1. The molecule has 0 aliphatic heterocycles. The van der Waals surface area contributed by atoms with E-state index < -0.39 is 24.0 Å². The van der Waals surface area contributed by atoms with E-state index in [9.17, 15) is 14.7 Å². The molecule has 8 heteroatoms. The summed E-state index contributed by atoms with van der Waals surface area (Å²) in [6.07, 6.45) is -0.0140. The first kappa shape index (κ1) is 14.7. The second-order valence-corrected chi connectivity index (χ2v) is 4.35. The molecule has 3 N–H and O–H groups in total. The van der Waals surface area contributed by atoms with Gasteiger partial charge >= 0.3 is 5.97 Å². The Balaban J connectivity index is 2.11. The monoisotopic (exact) mass is 291 g/mol. The maximum Gasteiger partial charge on any atom is 0.328 e. The van der Waals surface area contributed by atoms with Crippen molar-refractivity contribution in [2.45, 2.75) is 19.1 Å². The van der Waals surface area contributed by atoms with Gasteiger partial charge in [-0.2, -0.15) is 0 Å². The zero-order valence-corrected chi connectivity index (χ0v) is 11.1. The van der Waals surface area contributed by atoms with Crippen molar-refractivity contribution in [3.63, 3.8) is 0 Å². The molecule has 1 amide bonds. The summed E-state index contributed by atoms with van der Waals surface area (Å²) in [5.41, 5.74) is 0.888. The molecular formula is C13H13N3O5. The molecule has 0 fully saturated rings. The van der Waals surface area contributed by atoms with Crippen molar-refractivity contribution in [2.75, 3.05) is 0 Å². The van der Waals surface area contributed by atoms with Crippen LogP contribution in [0.5, 0.6) is 0 Å². The number of carboxylic acid groups (broad SMARTS) is 1. The van der Waals surface area contributed by atoms with Gasteiger partial charge in [-0.05, 0) is 31.2 Å². The lowest BCUT2D eigenvalue weighted by Crippen LogP contribution is -2.47. The molecule has 21 heavy (non-hydrogen) atoms. The van der Waals surface area contributed by atoms with Crippen LogP contribution in [-0.2, 0) is 4.79 Å². The number of benzene rings is 1. The van der Waals surface area contributed by atoms with Crippen LogP contribution in [0.4, 0.5) is 0 Å². The van der Waals surface area contributed by atoms with Gasteiger partial charge in [0.05, 0.1) is 6.10 Å². The topological polar surface area (TPSA) is 126 Å². The van der Waals surface area contributed by atoms with E-state index in [2.05, 4.69) is 15.5 Å². The Bertz CT molecular complexity index is 622. The number of hydrogen-bond acceptors (Lipinski definition) is 6. The van der Waals surface area contributed by atoms with Crippen LogP contribution < -0.4 is 5.32 Å². The van der Waals surface area contributed by atoms with Crippen LogP contribution in [0.15, 0.2) is 35.1 Å². The van der Waals surface area contributed by atoms with E-state index in [1.54, 1.807) is 12.1 Å². The second-order valence-electron chi connectivity index (χ2n) is 4.35. The summed E-state index contributed by atoms with van der Waals surface area (Å²) < 4.78 is 5.01. The third-order valence-corrected chi connectivity index (χ3v) is 2.79. The highest BCUT2D eigenvalue weighted by Gasteiger charge is 2.25. The first-order valence-corrected chi connectivity index (χ1v) is 6.07. The number of aliphatic hydroxyl groups is 1. The third-order valence-electron chi connectivity index (χ3n) is 2.79. The smallest absolute Gasteiger partial charge is 0.328 e. The standard InChI is InChI=1S/C13H13N3O5/c1-7(17)10(13(19)20)15-11(18)8-2-4-9(5-3-8)12-16-14-6-21-12/h2-7,10,17H,1H3,(H,15,18)(H,19,20)/t7-,10+/m1/s1. The minimum absolute atomic E-state index is 0.255. The molecule has 0 aliphatic rings. The Morgan fingerprint density at radius 3 is 2.43 bits per heavy atom. The van der Waals surface area contributed by atoms with Gasteiger partial charge in [-0.3, -0.25) is 4.79 Å². The largest absolute Gasteiger partial charge is 0.480 e. The Kier molecular flexibility index (Phi) is 4.29. The number of amides is 1. The van der Waals surface area contributed by atoms with Crippen molar-refractivity contribution in [3.05, 3.63) is 36.2 Å². The summed E-state index contributed by atoms with van der Waals surface area (Å²) in [6.45, 7) is 1.29. The summed E-state index contributed by atoms with van der Waals surface area (Å²) in [5.74, 6) is -1.59. The molecular weight excluding hydrogens is 278 g/mol. The summed E-state index contributed by atoms with van der Waals surface area (Å²) in [4.78, 5) is 22.8. The van der Waals surface area contributed by atoms with Crippen LogP contribution >= 0.6 is 0 Å². The number of rotatable bonds is 5. The normalized spacial score (nSPS) is 13.4. The fourth-order valence-electron chi connectivity index (χ4n) is 1.68. The van der Waals surface area contributed by atoms with E-state index >= 15 is 0 Å². The number of hydrogen-bond donors (Lipinski definition) is 3. The number of nitrogens with zero attached hydrogens (tertiary/aromatic N) is 2. The Morgan fingerprint density at radius 1 is 1.29 bits per heavy atom. The molecule has 2 aromatic rings. The average molecular weight is 291 g/mol. The maximum absolute atomic E-state index is 11.9. The van der Waals surface area contributed by atoms with Crippen molar-refractivity contribution in [2.24, 2.45) is 0 Å². The molecule has 0 aliphatic carbocycles. The maximum atomic E-state index is 11.9. The number of aliphatic carboxylic acids is 1. The Labute approximate surface area is 119 Å². The van der Waals surface area contributed by atoms with E-state index in [4.69, 9.17) is 9.52 Å². The molecule has 0 unspecified atom stereocenters. The Hall–Kier alpha value is -2.74. The van der Waals surface area contributed by atoms with Crippen LogP contribution in [0.2, 0.25) is 0 Å². The van der Waals surface area contributed by atoms with Crippen molar-refractivity contribution >= 4 is 11.9 Å². The quantitative estimate of drug-likeness (QED) is 0.723. The van der Waals surface area contributed by atoms with Gasteiger partial charge in [0, 0.05) is 11.1 Å². The number of carbonyl (C=O) groups excluding carboxylic acids is 1. The predicted octanol–water partition coefficient (Wildman–Crippen LogP) is 0.300. The average Bonchev–Trinajstić information content (AvgIpc) is 2.98. The molecule has 0 saturated heterocycles. The van der Waals surface area contributed by atoms with E-state index in [-0.39, 0.29) is 5.56 Å². The van der Waals surface area contributed by atoms with Crippen LogP contribution in [-0.4, -0.2) is 44.4 Å². The minimum atomic E-state index is -1.37. The number of nitrogens with one attached hydrogen (secondary N) is 1. The van der Waals surface area contributed by atoms with E-state index in [1.807, 2.05) is 0 Å². The first-order chi connectivity index (χ1) is 9.99. The summed E-state index contributed by atoms with van der Waals surface area (Å²) in [5, 5.41) is 27.8. The highest BCUT2D eigenvalue weighted by atomic mass is 16.4. The number of aromatic nitrogens is 2. The predicted molar refractivity (Wildman–Crippen MR) is 70.3 cm³/mol. The highest BCUT2D eigenvalue weighted by molar-refractivity contribution is 5.97. The van der Waals surface area contributed by atoms with Gasteiger partial charge in [0.15, 0.2) is 6.04 Å². The van der Waals surface area contributed by atoms with Crippen LogP contribution in [0.3, 0.4) is 0 Å². The lowest BCUT2D eigenvalue weighted by molar-refractivity contribution is -0.141. The van der Waals surface area contributed by atoms with E-state index in [0.717, 1.165) is 0 Å². The number of aliphatic hydroxyl groups excluding tert-OH is 1. The molecule has 2 atom stereocenters. The molecule has 1 aromatic carbocycles. The van der Waals surface area contributed by atoms with Crippen molar-refractivity contribution in [3.8, 4) is 11.5 Å². The van der Waals surface area contributed by atoms with Gasteiger partial charge in [-0.1, -0.05) is 0 Å². The van der Waals surface area contributed by atoms with Crippen LogP contribution in [0.1, 0.15) is 17.3 Å². The molecule has 8 nitrogen and oxygen atoms in total. The van der Waals surface area contributed by atoms with Crippen molar-refractivity contribution in [1.82, 2.24) is 15.5 Å². The van der Waals surface area contributed by atoms with Gasteiger partial charge in [0.2, 0.25) is 12.3 Å². The molecule has 2 rings (SSSR count). The number of carbonyl (C=O) groups is 2. The van der Waals surface area contributed by atoms with Gasteiger partial charge in [0.1, 0.15) is 0 Å². The fraction of sp³-hybridized carbons (Fsp3) is 0.231. The number of carboxylic acids is 1. The van der Waals surface area contributed by atoms with Gasteiger partial charge in [-0.25, -0.2) is 4.79 Å². The lowest BCUT2D eigenvalue weighted by Gasteiger charge is -2.16. The summed E-state index contributed by atoms with van der Waals surface area (Å²) in [6, 6.07) is 4.82. The molecule has 110 valence electrons. The van der Waals surface area contributed by atoms with Crippen LogP contribution in [0.25, 0.3) is 11.5 Å². The molecule has 0 spiro atoms. The highest BCUT2D eigenvalue weighted by Crippen LogP contribution is 2.16. The SMILES string of the molecule is C[C@@H](O)[C@H](NC(=O)c1ccc(-c2nnco2)cc1)C(=O)O. The molecule has 0 saturated carbocycles. The second kappa shape index (κ2) is 6.14. The minimum Gasteiger partial charge on any atom is -0.480 e. The van der Waals surface area contributed by atoms with Gasteiger partial charge in [0.25, 0.3) is 5.91 Å². The summed E-state index contributed by atoms with van der Waals surface area (Å²) >= 11 is 0. The van der Waals surface area contributed by atoms with E-state index in [1.165, 1.54) is 25.5 Å². The molecule has 1 aromatic heterocycles. The third kappa shape index (κ3) is 3.42. The Morgan fingerprint density at radius 2 is 1.95 bits per heavy atom. The fourth-order valence-corrected chi connectivity index (χ4v) is 1.68. The zero-order chi connectivity index (χ0) is 15.4. The van der Waals surface area contributed by atoms with Gasteiger partial charge in [-0.15, -0.1) is 10.2 Å². The van der Waals surface area contributed by atoms with Crippen molar-refractivity contribution in [1.29, 1.82) is 0 Å². The van der Waals surface area contributed by atoms with E-state index in [0.29, 0.717) is 11.5 Å². The first-order valence-electron chi connectivity index (χ1n) is 6.07. The van der Waals surface area contributed by atoms with Crippen LogP contribution in [0, 0.1) is 0 Å². The van der Waals surface area contributed by atoms with Crippen molar-refractivity contribution < 1.29 is 24.2 Å². The molecule has 0 bridgehead atoms.